The first-order valence-corrected chi connectivity index (χ1v) is 11.1. The lowest BCUT2D eigenvalue weighted by Crippen LogP contribution is -2.41. The maximum absolute atomic E-state index is 12.5. The molecule has 0 atom stereocenters. The van der Waals surface area contributed by atoms with E-state index in [9.17, 15) is 13.2 Å². The summed E-state index contributed by atoms with van der Waals surface area (Å²) in [5.41, 5.74) is 1.84. The monoisotopic (exact) mass is 410 g/mol. The van der Waals surface area contributed by atoms with E-state index in [1.165, 1.54) is 4.31 Å². The lowest BCUT2D eigenvalue weighted by atomic mass is 10.1. The average Bonchev–Trinajstić information content (AvgIpc) is 2.74. The zero-order chi connectivity index (χ0) is 20.3. The van der Waals surface area contributed by atoms with Crippen molar-refractivity contribution >= 4 is 32.4 Å². The summed E-state index contributed by atoms with van der Waals surface area (Å²) in [6.07, 6.45) is 0. The van der Waals surface area contributed by atoms with Crippen LogP contribution in [-0.4, -0.2) is 44.9 Å². The zero-order valence-corrected chi connectivity index (χ0v) is 16.7. The van der Waals surface area contributed by atoms with Crippen LogP contribution in [0.15, 0.2) is 66.7 Å². The van der Waals surface area contributed by atoms with Crippen molar-refractivity contribution in [3.63, 3.8) is 0 Å². The molecule has 3 aromatic rings. The number of morpholine rings is 1. The number of rotatable bonds is 5. The fourth-order valence-electron chi connectivity index (χ4n) is 3.35. The molecule has 0 aromatic heterocycles. The van der Waals surface area contributed by atoms with Crippen molar-refractivity contribution in [3.05, 3.63) is 77.9 Å². The van der Waals surface area contributed by atoms with Gasteiger partial charge in [0.05, 0.1) is 19.0 Å². The minimum atomic E-state index is -3.39. The van der Waals surface area contributed by atoms with Crippen LogP contribution in [0.3, 0.4) is 0 Å². The largest absolute Gasteiger partial charge is 0.379 e. The number of nitrogens with one attached hydrogen (secondary N) is 1. The van der Waals surface area contributed by atoms with Gasteiger partial charge in [0.2, 0.25) is 10.0 Å². The minimum Gasteiger partial charge on any atom is -0.379 e. The van der Waals surface area contributed by atoms with Gasteiger partial charge in [-0.2, -0.15) is 4.31 Å². The van der Waals surface area contributed by atoms with Crippen molar-refractivity contribution in [2.75, 3.05) is 31.6 Å². The Bertz CT molecular complexity index is 1120. The van der Waals surface area contributed by atoms with Gasteiger partial charge in [-0.25, -0.2) is 8.42 Å². The second kappa shape index (κ2) is 8.32. The van der Waals surface area contributed by atoms with Crippen LogP contribution in [0, 0.1) is 0 Å². The van der Waals surface area contributed by atoms with Crippen LogP contribution in [0.2, 0.25) is 0 Å². The van der Waals surface area contributed by atoms with Crippen molar-refractivity contribution < 1.29 is 17.9 Å². The average molecular weight is 410 g/mol. The molecule has 0 unspecified atom stereocenters. The summed E-state index contributed by atoms with van der Waals surface area (Å²) in [6, 6.07) is 20.4. The first-order chi connectivity index (χ1) is 14.0. The number of nitrogens with zero attached hydrogens (tertiary/aromatic N) is 1. The molecule has 1 fully saturated rings. The summed E-state index contributed by atoms with van der Waals surface area (Å²) < 4.78 is 31.7. The molecule has 3 aromatic carbocycles. The molecule has 6 nitrogen and oxygen atoms in total. The molecule has 1 amide bonds. The highest BCUT2D eigenvalue weighted by atomic mass is 32.2. The van der Waals surface area contributed by atoms with E-state index >= 15 is 0 Å². The summed E-state index contributed by atoms with van der Waals surface area (Å²) in [5.74, 6) is -0.317. The number of carbonyl (C=O) groups excluding carboxylic acids is 1. The van der Waals surface area contributed by atoms with Crippen molar-refractivity contribution in [3.8, 4) is 0 Å². The Morgan fingerprint density at radius 2 is 1.62 bits per heavy atom. The summed E-state index contributed by atoms with van der Waals surface area (Å²) >= 11 is 0. The second-order valence-corrected chi connectivity index (χ2v) is 8.95. The third-order valence-electron chi connectivity index (χ3n) is 4.94. The van der Waals surface area contributed by atoms with Crippen LogP contribution >= 0.6 is 0 Å². The highest BCUT2D eigenvalue weighted by molar-refractivity contribution is 7.88. The van der Waals surface area contributed by atoms with E-state index in [0.29, 0.717) is 43.1 Å². The molecule has 0 bridgehead atoms. The predicted octanol–water partition coefficient (Wildman–Crippen LogP) is 3.25. The Kier molecular flexibility index (Phi) is 5.62. The summed E-state index contributed by atoms with van der Waals surface area (Å²) in [4.78, 5) is 12.5. The molecular weight excluding hydrogens is 388 g/mol. The number of hydrogen-bond donors (Lipinski definition) is 1. The Balaban J connectivity index is 1.43. The normalized spacial score (nSPS) is 15.3. The van der Waals surface area contributed by atoms with Gasteiger partial charge in [0, 0.05) is 24.3 Å². The number of benzene rings is 3. The third-order valence-corrected chi connectivity index (χ3v) is 6.79. The van der Waals surface area contributed by atoms with Gasteiger partial charge in [-0.15, -0.1) is 0 Å². The fourth-order valence-corrected chi connectivity index (χ4v) is 4.85. The van der Waals surface area contributed by atoms with E-state index in [1.54, 1.807) is 24.3 Å². The molecule has 0 radical (unpaired) electrons. The molecule has 1 aliphatic heterocycles. The second-order valence-electron chi connectivity index (χ2n) is 6.98. The number of fused-ring (bicyclic) bond motifs is 1. The number of sulfonamides is 1. The van der Waals surface area contributed by atoms with E-state index in [0.717, 1.165) is 10.8 Å². The van der Waals surface area contributed by atoms with E-state index in [2.05, 4.69) is 5.32 Å². The van der Waals surface area contributed by atoms with Crippen molar-refractivity contribution in [1.82, 2.24) is 4.31 Å². The first kappa shape index (κ1) is 19.6. The Morgan fingerprint density at radius 1 is 0.931 bits per heavy atom. The van der Waals surface area contributed by atoms with Gasteiger partial charge in [0.15, 0.2) is 0 Å². The molecule has 1 heterocycles. The Morgan fingerprint density at radius 3 is 2.34 bits per heavy atom. The molecule has 29 heavy (non-hydrogen) atoms. The van der Waals surface area contributed by atoms with Gasteiger partial charge in [-0.3, -0.25) is 4.79 Å². The van der Waals surface area contributed by atoms with Crippen LogP contribution in [0.4, 0.5) is 5.69 Å². The van der Waals surface area contributed by atoms with Crippen LogP contribution in [-0.2, 0) is 20.5 Å². The van der Waals surface area contributed by atoms with Gasteiger partial charge < -0.3 is 10.1 Å². The van der Waals surface area contributed by atoms with Crippen LogP contribution in [0.1, 0.15) is 15.9 Å². The first-order valence-electron chi connectivity index (χ1n) is 9.46. The lowest BCUT2D eigenvalue weighted by molar-refractivity contribution is 0.0729. The number of hydrogen-bond acceptors (Lipinski definition) is 4. The highest BCUT2D eigenvalue weighted by Crippen LogP contribution is 2.20. The fraction of sp³-hybridized carbons (Fsp3) is 0.227. The molecule has 0 spiro atoms. The molecule has 7 heteroatoms. The van der Waals surface area contributed by atoms with Crippen molar-refractivity contribution in [2.24, 2.45) is 0 Å². The van der Waals surface area contributed by atoms with Crippen LogP contribution in [0.25, 0.3) is 10.8 Å². The number of ether oxygens (including phenoxy) is 1. The van der Waals surface area contributed by atoms with E-state index in [1.807, 2.05) is 42.5 Å². The lowest BCUT2D eigenvalue weighted by Gasteiger charge is -2.26. The Hall–Kier alpha value is -2.74. The van der Waals surface area contributed by atoms with E-state index < -0.39 is 10.0 Å². The molecule has 0 aliphatic carbocycles. The topological polar surface area (TPSA) is 75.7 Å². The predicted molar refractivity (Wildman–Crippen MR) is 113 cm³/mol. The zero-order valence-electron chi connectivity index (χ0n) is 15.9. The maximum atomic E-state index is 12.5. The van der Waals surface area contributed by atoms with E-state index in [-0.39, 0.29) is 11.7 Å². The molecule has 150 valence electrons. The Labute approximate surface area is 170 Å². The van der Waals surface area contributed by atoms with Gasteiger partial charge in [0.25, 0.3) is 5.91 Å². The third kappa shape index (κ3) is 4.64. The van der Waals surface area contributed by atoms with E-state index in [4.69, 9.17) is 4.74 Å². The minimum absolute atomic E-state index is 0.0838. The summed E-state index contributed by atoms with van der Waals surface area (Å²) in [5, 5.41) is 5.05. The summed E-state index contributed by atoms with van der Waals surface area (Å²) in [6.45, 7) is 1.61. The highest BCUT2D eigenvalue weighted by Gasteiger charge is 2.24. The quantitative estimate of drug-likeness (QED) is 0.701. The molecule has 1 saturated heterocycles. The molecule has 1 N–H and O–H groups in total. The number of amides is 1. The molecule has 4 rings (SSSR count). The van der Waals surface area contributed by atoms with Crippen molar-refractivity contribution in [2.45, 2.75) is 5.75 Å². The summed E-state index contributed by atoms with van der Waals surface area (Å²) in [7, 11) is -3.39. The number of anilines is 1. The number of carbonyl (C=O) groups is 1. The molecule has 1 aliphatic rings. The maximum Gasteiger partial charge on any atom is 0.255 e. The van der Waals surface area contributed by atoms with Crippen LogP contribution < -0.4 is 5.32 Å². The molecule has 0 saturated carbocycles. The standard InChI is InChI=1S/C22H22N2O4S/c25-22(23-21-10-9-18-3-1-2-4-20(18)15-21)19-7-5-17(6-8-19)16-29(26,27)24-11-13-28-14-12-24/h1-10,15H,11-14,16H2,(H,23,25). The van der Waals surface area contributed by atoms with Gasteiger partial charge in [-0.1, -0.05) is 42.5 Å². The smallest absolute Gasteiger partial charge is 0.255 e. The van der Waals surface area contributed by atoms with Gasteiger partial charge in [0.1, 0.15) is 0 Å². The molecular formula is C22H22N2O4S. The van der Waals surface area contributed by atoms with Crippen molar-refractivity contribution in [1.29, 1.82) is 0 Å². The van der Waals surface area contributed by atoms with Crippen LogP contribution in [0.5, 0.6) is 0 Å². The van der Waals surface area contributed by atoms with Gasteiger partial charge >= 0.3 is 0 Å². The van der Waals surface area contributed by atoms with Gasteiger partial charge in [-0.05, 0) is 40.6 Å². The SMILES string of the molecule is O=C(Nc1ccc2ccccc2c1)c1ccc(CS(=O)(=O)N2CCOCC2)cc1.